The molecule has 0 bridgehead atoms. The molecule has 0 N–H and O–H groups in total. The molecular weight excluding hydrogens is 357 g/mol. The molecule has 3 aromatic rings. The largest absolute Gasteiger partial charge is 0.205 e. The summed E-state index contributed by atoms with van der Waals surface area (Å²) >= 11 is 3.97. The molecule has 8 heteroatoms. The molecule has 0 aliphatic rings. The zero-order valence-electron chi connectivity index (χ0n) is 11.4. The zero-order valence-corrected chi connectivity index (χ0v) is 12.3. The molecular formula is C16H5F7S. The molecule has 0 heterocycles. The Morgan fingerprint density at radius 1 is 0.500 bits per heavy atom. The maximum Gasteiger partial charge on any atom is 0.198 e. The van der Waals surface area contributed by atoms with E-state index in [-0.39, 0.29) is 5.56 Å². The van der Waals surface area contributed by atoms with E-state index < -0.39 is 57.1 Å². The molecule has 0 nitrogen and oxygen atoms in total. The molecule has 3 rings (SSSR count). The van der Waals surface area contributed by atoms with Gasteiger partial charge in [-0.25, -0.2) is 30.7 Å². The van der Waals surface area contributed by atoms with E-state index in [2.05, 4.69) is 12.6 Å². The second-order valence-electron chi connectivity index (χ2n) is 4.87. The van der Waals surface area contributed by atoms with Crippen LogP contribution in [-0.4, -0.2) is 0 Å². The molecule has 0 spiro atoms. The van der Waals surface area contributed by atoms with Crippen LogP contribution in [0.5, 0.6) is 0 Å². The van der Waals surface area contributed by atoms with E-state index in [0.29, 0.717) is 4.90 Å². The Balaban J connectivity index is 2.53. The second kappa shape index (κ2) is 5.70. The van der Waals surface area contributed by atoms with Gasteiger partial charge in [-0.2, -0.15) is 0 Å². The third kappa shape index (κ3) is 2.24. The van der Waals surface area contributed by atoms with Crippen molar-refractivity contribution in [2.75, 3.05) is 0 Å². The van der Waals surface area contributed by atoms with Crippen molar-refractivity contribution in [3.63, 3.8) is 0 Å². The quantitative estimate of drug-likeness (QED) is 0.242. The Morgan fingerprint density at radius 3 is 1.42 bits per heavy atom. The first-order valence-corrected chi connectivity index (χ1v) is 6.82. The second-order valence-corrected chi connectivity index (χ2v) is 5.39. The zero-order chi connectivity index (χ0) is 17.8. The predicted octanol–water partition coefficient (Wildman–Crippen LogP) is 5.77. The van der Waals surface area contributed by atoms with E-state index in [1.807, 2.05) is 0 Å². The number of fused-ring (bicyclic) bond motifs is 1. The van der Waals surface area contributed by atoms with Gasteiger partial charge in [0.15, 0.2) is 34.9 Å². The van der Waals surface area contributed by atoms with Crippen molar-refractivity contribution in [2.45, 2.75) is 4.90 Å². The lowest BCUT2D eigenvalue weighted by Crippen LogP contribution is -2.06. The summed E-state index contributed by atoms with van der Waals surface area (Å²) in [6.07, 6.45) is 0. The molecule has 0 aliphatic heterocycles. The number of thiol groups is 1. The average molecular weight is 362 g/mol. The standard InChI is InChI=1S/C16H5F7S/c17-10-7(5-1-3-6(24)4-2-5)11(18)12(19)9-8(10)13(20)15(22)16(23)14(9)21/h1-4,24H. The van der Waals surface area contributed by atoms with Gasteiger partial charge in [0.2, 0.25) is 0 Å². The Bertz CT molecular complexity index is 981. The number of halogens is 7. The van der Waals surface area contributed by atoms with Crippen LogP contribution in [0.25, 0.3) is 21.9 Å². The highest BCUT2D eigenvalue weighted by molar-refractivity contribution is 7.80. The monoisotopic (exact) mass is 362 g/mol. The highest BCUT2D eigenvalue weighted by Crippen LogP contribution is 2.38. The summed E-state index contributed by atoms with van der Waals surface area (Å²) < 4.78 is 96.9. The lowest BCUT2D eigenvalue weighted by Gasteiger charge is -2.12. The van der Waals surface area contributed by atoms with Gasteiger partial charge in [-0.1, -0.05) is 12.1 Å². The minimum atomic E-state index is -2.36. The van der Waals surface area contributed by atoms with Crippen LogP contribution in [0.1, 0.15) is 0 Å². The van der Waals surface area contributed by atoms with Crippen molar-refractivity contribution >= 4 is 23.4 Å². The molecule has 0 radical (unpaired) electrons. The number of hydrogen-bond acceptors (Lipinski definition) is 1. The first kappa shape index (κ1) is 16.6. The summed E-state index contributed by atoms with van der Waals surface area (Å²) in [6.45, 7) is 0. The topological polar surface area (TPSA) is 0 Å². The minimum Gasteiger partial charge on any atom is -0.205 e. The Labute approximate surface area is 135 Å². The third-order valence-electron chi connectivity index (χ3n) is 3.49. The van der Waals surface area contributed by atoms with Crippen molar-refractivity contribution in [2.24, 2.45) is 0 Å². The first-order chi connectivity index (χ1) is 11.3. The fourth-order valence-corrected chi connectivity index (χ4v) is 2.52. The van der Waals surface area contributed by atoms with Crippen LogP contribution in [0.15, 0.2) is 29.2 Å². The molecule has 124 valence electrons. The van der Waals surface area contributed by atoms with Crippen LogP contribution in [0.2, 0.25) is 0 Å². The molecule has 24 heavy (non-hydrogen) atoms. The van der Waals surface area contributed by atoms with Gasteiger partial charge in [-0.3, -0.25) is 0 Å². The molecule has 0 fully saturated rings. The van der Waals surface area contributed by atoms with E-state index in [1.54, 1.807) is 0 Å². The van der Waals surface area contributed by atoms with Crippen molar-refractivity contribution in [3.8, 4) is 11.1 Å². The normalized spacial score (nSPS) is 11.3. The lowest BCUT2D eigenvalue weighted by atomic mass is 9.98. The van der Waals surface area contributed by atoms with Crippen LogP contribution in [0, 0.1) is 40.7 Å². The highest BCUT2D eigenvalue weighted by atomic mass is 32.1. The molecule has 0 aromatic heterocycles. The van der Waals surface area contributed by atoms with Crippen molar-refractivity contribution in [1.29, 1.82) is 0 Å². The Morgan fingerprint density at radius 2 is 0.917 bits per heavy atom. The van der Waals surface area contributed by atoms with Gasteiger partial charge in [0.1, 0.15) is 5.82 Å². The van der Waals surface area contributed by atoms with Crippen LogP contribution >= 0.6 is 12.6 Å². The van der Waals surface area contributed by atoms with Gasteiger partial charge in [0.05, 0.1) is 16.3 Å². The molecule has 0 saturated carbocycles. The molecule has 3 aromatic carbocycles. The molecule has 0 aliphatic carbocycles. The average Bonchev–Trinajstić information content (AvgIpc) is 2.56. The van der Waals surface area contributed by atoms with E-state index in [0.717, 1.165) is 12.1 Å². The number of benzene rings is 3. The van der Waals surface area contributed by atoms with Gasteiger partial charge in [0, 0.05) is 4.90 Å². The maximum atomic E-state index is 14.5. The van der Waals surface area contributed by atoms with Gasteiger partial charge in [-0.05, 0) is 17.7 Å². The van der Waals surface area contributed by atoms with Crippen molar-refractivity contribution < 1.29 is 30.7 Å². The summed E-state index contributed by atoms with van der Waals surface area (Å²) in [5.41, 5.74) is -1.24. The van der Waals surface area contributed by atoms with Crippen LogP contribution in [0.3, 0.4) is 0 Å². The fraction of sp³-hybridized carbons (Fsp3) is 0. The summed E-state index contributed by atoms with van der Waals surface area (Å²) in [5, 5.41) is -3.13. The fourth-order valence-electron chi connectivity index (χ4n) is 2.37. The van der Waals surface area contributed by atoms with Gasteiger partial charge in [-0.15, -0.1) is 12.6 Å². The number of rotatable bonds is 1. The lowest BCUT2D eigenvalue weighted by molar-refractivity contribution is 0.412. The molecule has 0 unspecified atom stereocenters. The van der Waals surface area contributed by atoms with Gasteiger partial charge in [0.25, 0.3) is 0 Å². The van der Waals surface area contributed by atoms with E-state index in [9.17, 15) is 30.7 Å². The smallest absolute Gasteiger partial charge is 0.198 e. The Kier molecular flexibility index (Phi) is 3.95. The Hall–Kier alpha value is -2.22. The summed E-state index contributed by atoms with van der Waals surface area (Å²) in [6, 6.07) is 4.95. The maximum absolute atomic E-state index is 14.5. The SMILES string of the molecule is Fc1c(F)c(F)c2c(F)c(-c3ccc(S)cc3)c(F)c(F)c2c1F. The first-order valence-electron chi connectivity index (χ1n) is 6.37. The van der Waals surface area contributed by atoms with Gasteiger partial charge >= 0.3 is 0 Å². The van der Waals surface area contributed by atoms with Gasteiger partial charge < -0.3 is 0 Å². The van der Waals surface area contributed by atoms with Crippen LogP contribution in [0.4, 0.5) is 30.7 Å². The number of hydrogen-bond donors (Lipinski definition) is 1. The third-order valence-corrected chi connectivity index (χ3v) is 3.79. The molecule has 0 saturated heterocycles. The van der Waals surface area contributed by atoms with E-state index >= 15 is 0 Å². The van der Waals surface area contributed by atoms with E-state index in [4.69, 9.17) is 0 Å². The molecule has 0 amide bonds. The summed E-state index contributed by atoms with van der Waals surface area (Å²) in [7, 11) is 0. The highest BCUT2D eigenvalue weighted by Gasteiger charge is 2.30. The van der Waals surface area contributed by atoms with Crippen molar-refractivity contribution in [1.82, 2.24) is 0 Å². The predicted molar refractivity (Wildman–Crippen MR) is 76.3 cm³/mol. The van der Waals surface area contributed by atoms with Crippen LogP contribution in [-0.2, 0) is 0 Å². The molecule has 0 atom stereocenters. The van der Waals surface area contributed by atoms with Crippen molar-refractivity contribution in [3.05, 3.63) is 65.0 Å². The summed E-state index contributed by atoms with van der Waals surface area (Å²) in [5.74, 6) is -14.6. The van der Waals surface area contributed by atoms with E-state index in [1.165, 1.54) is 12.1 Å². The van der Waals surface area contributed by atoms with Crippen LogP contribution < -0.4 is 0 Å². The minimum absolute atomic E-state index is 0.215. The summed E-state index contributed by atoms with van der Waals surface area (Å²) in [4.78, 5) is 0.422.